The van der Waals surface area contributed by atoms with Gasteiger partial charge >= 0.3 is 0 Å². The van der Waals surface area contributed by atoms with Crippen LogP contribution in [-0.4, -0.2) is 69.0 Å². The minimum atomic E-state index is -3.49. The first kappa shape index (κ1) is 24.7. The van der Waals surface area contributed by atoms with Crippen LogP contribution in [0.15, 0.2) is 47.4 Å². The Balaban J connectivity index is 1.25. The quantitative estimate of drug-likeness (QED) is 0.600. The molecule has 0 spiro atoms. The van der Waals surface area contributed by atoms with Crippen molar-refractivity contribution in [1.29, 1.82) is 0 Å². The van der Waals surface area contributed by atoms with E-state index in [1.54, 1.807) is 12.1 Å². The fourth-order valence-electron chi connectivity index (χ4n) is 4.55. The van der Waals surface area contributed by atoms with E-state index in [4.69, 9.17) is 9.47 Å². The van der Waals surface area contributed by atoms with Crippen LogP contribution in [0.3, 0.4) is 0 Å². The maximum absolute atomic E-state index is 12.7. The number of morpholine rings is 1. The van der Waals surface area contributed by atoms with Gasteiger partial charge in [0.2, 0.25) is 15.9 Å². The topological polar surface area (TPSA) is 76.2 Å². The lowest BCUT2D eigenvalue weighted by atomic mass is 10.0. The molecule has 184 valence electrons. The molecule has 8 heteroatoms. The van der Waals surface area contributed by atoms with Crippen LogP contribution in [0.2, 0.25) is 0 Å². The van der Waals surface area contributed by atoms with Gasteiger partial charge in [0.05, 0.1) is 18.1 Å². The number of ether oxygens (including phenoxy) is 2. The van der Waals surface area contributed by atoms with Gasteiger partial charge in [0.25, 0.3) is 0 Å². The summed E-state index contributed by atoms with van der Waals surface area (Å²) in [5.74, 6) is 1.10. The van der Waals surface area contributed by atoms with E-state index in [1.165, 1.54) is 4.31 Å². The minimum Gasteiger partial charge on any atom is -0.490 e. The molecule has 0 atom stereocenters. The average molecular weight is 487 g/mol. The third kappa shape index (κ3) is 5.79. The van der Waals surface area contributed by atoms with Crippen LogP contribution in [0, 0.1) is 13.8 Å². The molecule has 2 aromatic carbocycles. The summed E-state index contributed by atoms with van der Waals surface area (Å²) in [7, 11) is -3.49. The zero-order chi connectivity index (χ0) is 24.1. The maximum Gasteiger partial charge on any atom is 0.243 e. The molecule has 7 nitrogen and oxygen atoms in total. The van der Waals surface area contributed by atoms with Crippen LogP contribution >= 0.6 is 0 Å². The lowest BCUT2D eigenvalue weighted by Crippen LogP contribution is -2.42. The summed E-state index contributed by atoms with van der Waals surface area (Å²) in [4.78, 5) is 15.0. The summed E-state index contributed by atoms with van der Waals surface area (Å²) in [5, 5.41) is 0. The first-order valence-corrected chi connectivity index (χ1v) is 13.5. The summed E-state index contributed by atoms with van der Waals surface area (Å²) < 4.78 is 38.5. The lowest BCUT2D eigenvalue weighted by molar-refractivity contribution is -0.132. The number of carbonyl (C=O) groups excluding carboxylic acids is 1. The number of hydrogen-bond donors (Lipinski definition) is 0. The fourth-order valence-corrected chi connectivity index (χ4v) is 5.96. The Labute approximate surface area is 202 Å². The third-order valence-electron chi connectivity index (χ3n) is 6.65. The van der Waals surface area contributed by atoms with Gasteiger partial charge in [-0.05, 0) is 49.1 Å². The molecule has 0 radical (unpaired) electrons. The second-order valence-corrected chi connectivity index (χ2v) is 11.0. The maximum atomic E-state index is 12.7. The largest absolute Gasteiger partial charge is 0.490 e. The van der Waals surface area contributed by atoms with Gasteiger partial charge in [-0.3, -0.25) is 4.79 Å². The smallest absolute Gasteiger partial charge is 0.243 e. The van der Waals surface area contributed by atoms with Crippen molar-refractivity contribution in [3.63, 3.8) is 0 Å². The van der Waals surface area contributed by atoms with Crippen LogP contribution in [0.4, 0.5) is 0 Å². The first-order chi connectivity index (χ1) is 16.3. The third-order valence-corrected chi connectivity index (χ3v) is 8.56. The summed E-state index contributed by atoms with van der Waals surface area (Å²) in [6.45, 7) is 7.13. The molecule has 0 aliphatic carbocycles. The zero-order valence-corrected chi connectivity index (χ0v) is 20.9. The molecular weight excluding hydrogens is 452 g/mol. The number of para-hydroxylation sites is 1. The van der Waals surface area contributed by atoms with Crippen molar-refractivity contribution in [2.45, 2.75) is 50.5 Å². The summed E-state index contributed by atoms with van der Waals surface area (Å²) in [5.41, 5.74) is 3.24. The van der Waals surface area contributed by atoms with Gasteiger partial charge in [-0.15, -0.1) is 0 Å². The number of piperidine rings is 1. The Hall–Kier alpha value is -2.42. The highest BCUT2D eigenvalue weighted by molar-refractivity contribution is 7.89. The van der Waals surface area contributed by atoms with Crippen LogP contribution in [0.1, 0.15) is 36.0 Å². The number of benzene rings is 2. The SMILES string of the molecule is Cc1cccc(C)c1OC1CCN(C(=O)CCc2ccc(S(=O)(=O)N3CCOCC3)cc2)CC1. The van der Waals surface area contributed by atoms with Crippen molar-refractivity contribution in [1.82, 2.24) is 9.21 Å². The normalized spacial score (nSPS) is 18.1. The van der Waals surface area contributed by atoms with E-state index in [1.807, 2.05) is 23.1 Å². The molecule has 0 aromatic heterocycles. The van der Waals surface area contributed by atoms with Crippen molar-refractivity contribution >= 4 is 15.9 Å². The fraction of sp³-hybridized carbons (Fsp3) is 0.500. The second kappa shape index (κ2) is 10.9. The average Bonchev–Trinajstić information content (AvgIpc) is 2.86. The zero-order valence-electron chi connectivity index (χ0n) is 20.0. The molecule has 2 aliphatic rings. The van der Waals surface area contributed by atoms with E-state index in [0.29, 0.717) is 52.2 Å². The molecule has 2 heterocycles. The monoisotopic (exact) mass is 486 g/mol. The van der Waals surface area contributed by atoms with Gasteiger partial charge in [0.15, 0.2) is 0 Å². The van der Waals surface area contributed by atoms with Crippen LogP contribution in [-0.2, 0) is 26.0 Å². The molecule has 1 amide bonds. The molecule has 2 saturated heterocycles. The summed E-state index contributed by atoms with van der Waals surface area (Å²) >= 11 is 0. The second-order valence-electron chi connectivity index (χ2n) is 9.08. The van der Waals surface area contributed by atoms with Crippen LogP contribution in [0.5, 0.6) is 5.75 Å². The van der Waals surface area contributed by atoms with Crippen LogP contribution in [0.25, 0.3) is 0 Å². The summed E-state index contributed by atoms with van der Waals surface area (Å²) in [6.07, 6.45) is 2.79. The number of sulfonamides is 1. The van der Waals surface area contributed by atoms with Gasteiger partial charge in [-0.2, -0.15) is 4.31 Å². The number of amides is 1. The highest BCUT2D eigenvalue weighted by Gasteiger charge is 2.27. The van der Waals surface area contributed by atoms with Gasteiger partial charge in [0, 0.05) is 45.4 Å². The molecule has 2 aliphatic heterocycles. The van der Waals surface area contributed by atoms with Crippen molar-refractivity contribution in [3.8, 4) is 5.75 Å². The standard InChI is InChI=1S/C26H34N2O5S/c1-20-4-3-5-21(2)26(20)33-23-12-14-27(15-13-23)25(29)11-8-22-6-9-24(10-7-22)34(30,31)28-16-18-32-19-17-28/h3-7,9-10,23H,8,11-19H2,1-2H3. The van der Waals surface area contributed by atoms with Crippen molar-refractivity contribution < 1.29 is 22.7 Å². The number of hydrogen-bond acceptors (Lipinski definition) is 5. The van der Waals surface area contributed by atoms with E-state index in [2.05, 4.69) is 26.0 Å². The molecule has 4 rings (SSSR count). The Morgan fingerprint density at radius 1 is 0.971 bits per heavy atom. The van der Waals surface area contributed by atoms with Crippen LogP contribution < -0.4 is 4.74 Å². The van der Waals surface area contributed by atoms with Crippen molar-refractivity contribution in [3.05, 3.63) is 59.2 Å². The molecule has 0 bridgehead atoms. The molecule has 34 heavy (non-hydrogen) atoms. The number of nitrogens with zero attached hydrogens (tertiary/aromatic N) is 2. The first-order valence-electron chi connectivity index (χ1n) is 12.0. The number of likely N-dealkylation sites (tertiary alicyclic amines) is 1. The number of aryl methyl sites for hydroxylation is 3. The van der Waals surface area contributed by atoms with Gasteiger partial charge in [-0.1, -0.05) is 30.3 Å². The van der Waals surface area contributed by atoms with E-state index < -0.39 is 10.0 Å². The Kier molecular flexibility index (Phi) is 7.91. The highest BCUT2D eigenvalue weighted by Crippen LogP contribution is 2.26. The highest BCUT2D eigenvalue weighted by atomic mass is 32.2. The molecule has 2 fully saturated rings. The minimum absolute atomic E-state index is 0.129. The lowest BCUT2D eigenvalue weighted by Gasteiger charge is -2.33. The number of carbonyl (C=O) groups is 1. The van der Waals surface area contributed by atoms with E-state index in [9.17, 15) is 13.2 Å². The molecule has 0 saturated carbocycles. The van der Waals surface area contributed by atoms with E-state index in [-0.39, 0.29) is 16.9 Å². The van der Waals surface area contributed by atoms with Gasteiger partial charge in [-0.25, -0.2) is 8.42 Å². The Bertz CT molecular complexity index is 1070. The predicted molar refractivity (Wildman–Crippen MR) is 130 cm³/mol. The Morgan fingerprint density at radius 3 is 2.21 bits per heavy atom. The van der Waals surface area contributed by atoms with E-state index >= 15 is 0 Å². The van der Waals surface area contributed by atoms with Crippen molar-refractivity contribution in [2.75, 3.05) is 39.4 Å². The van der Waals surface area contributed by atoms with E-state index in [0.717, 1.165) is 35.3 Å². The molecular formula is C26H34N2O5S. The van der Waals surface area contributed by atoms with Crippen molar-refractivity contribution in [2.24, 2.45) is 0 Å². The summed E-state index contributed by atoms with van der Waals surface area (Å²) in [6, 6.07) is 13.1. The van der Waals surface area contributed by atoms with Gasteiger partial charge < -0.3 is 14.4 Å². The number of rotatable bonds is 7. The molecule has 0 unspecified atom stereocenters. The van der Waals surface area contributed by atoms with Gasteiger partial charge in [0.1, 0.15) is 11.9 Å². The molecule has 2 aromatic rings. The predicted octanol–water partition coefficient (Wildman–Crippen LogP) is 3.33. The Morgan fingerprint density at radius 2 is 1.59 bits per heavy atom. The molecule has 0 N–H and O–H groups in total.